The van der Waals surface area contributed by atoms with Gasteiger partial charge in [0.2, 0.25) is 0 Å². The van der Waals surface area contributed by atoms with Crippen molar-refractivity contribution in [2.45, 2.75) is 38.0 Å². The van der Waals surface area contributed by atoms with Gasteiger partial charge >= 0.3 is 0 Å². The lowest BCUT2D eigenvalue weighted by Gasteiger charge is -2.36. The minimum Gasteiger partial charge on any atom is -0.456 e. The van der Waals surface area contributed by atoms with E-state index in [1.54, 1.807) is 0 Å². The first-order valence-corrected chi connectivity index (χ1v) is 22.7. The van der Waals surface area contributed by atoms with Gasteiger partial charge in [0, 0.05) is 39.2 Å². The summed E-state index contributed by atoms with van der Waals surface area (Å²) in [7, 11) is 0. The van der Waals surface area contributed by atoms with Crippen LogP contribution in [0.2, 0.25) is 0 Å². The lowest BCUT2D eigenvalue weighted by molar-refractivity contribution is 0.521. The number of hydrogen-bond acceptors (Lipinski definition) is 3. The summed E-state index contributed by atoms with van der Waals surface area (Å²) < 4.78 is 6.26. The van der Waals surface area contributed by atoms with Gasteiger partial charge in [-0.15, -0.1) is 0 Å². The third-order valence-electron chi connectivity index (χ3n) is 14.5. The van der Waals surface area contributed by atoms with Crippen molar-refractivity contribution in [3.05, 3.63) is 227 Å². The fourth-order valence-electron chi connectivity index (χ4n) is 11.3. The normalized spacial score (nSPS) is 17.8. The van der Waals surface area contributed by atoms with Crippen LogP contribution in [0.5, 0.6) is 0 Å². The summed E-state index contributed by atoms with van der Waals surface area (Å²) in [5, 5.41) is 2.30. The van der Waals surface area contributed by atoms with E-state index in [0.29, 0.717) is 5.92 Å². The van der Waals surface area contributed by atoms with Gasteiger partial charge in [0.05, 0.1) is 17.1 Å². The number of hydrogen-bond donors (Lipinski definition) is 0. The number of furan rings is 1. The maximum Gasteiger partial charge on any atom is 0.135 e. The van der Waals surface area contributed by atoms with E-state index in [0.717, 1.165) is 40.5 Å². The van der Waals surface area contributed by atoms with Crippen LogP contribution in [0.1, 0.15) is 66.0 Å². The summed E-state index contributed by atoms with van der Waals surface area (Å²) in [5.41, 5.74) is 22.0. The van der Waals surface area contributed by atoms with Crippen LogP contribution in [-0.2, 0) is 5.41 Å². The van der Waals surface area contributed by atoms with Gasteiger partial charge in [0.15, 0.2) is 0 Å². The van der Waals surface area contributed by atoms with Crippen LogP contribution in [-0.4, -0.2) is 0 Å². The summed E-state index contributed by atoms with van der Waals surface area (Å²) in [6, 6.07) is 64.9. The molecule has 2 aliphatic heterocycles. The molecule has 0 spiro atoms. The van der Waals surface area contributed by atoms with Crippen molar-refractivity contribution >= 4 is 68.6 Å². The third kappa shape index (κ3) is 5.73. The van der Waals surface area contributed by atoms with Gasteiger partial charge < -0.3 is 14.2 Å². The van der Waals surface area contributed by atoms with Crippen molar-refractivity contribution in [3.63, 3.8) is 0 Å². The molecule has 0 amide bonds. The summed E-state index contributed by atoms with van der Waals surface area (Å²) in [5.74, 6) is 0.608. The van der Waals surface area contributed by atoms with Crippen molar-refractivity contribution in [2.75, 3.05) is 9.80 Å². The molecule has 0 saturated carbocycles. The Labute approximate surface area is 374 Å². The smallest absolute Gasteiger partial charge is 0.135 e. The summed E-state index contributed by atoms with van der Waals surface area (Å²) in [6.07, 6.45) is 14.0. The number of para-hydroxylation sites is 2. The van der Waals surface area contributed by atoms with Crippen molar-refractivity contribution in [1.82, 2.24) is 0 Å². The Morgan fingerprint density at radius 2 is 1.20 bits per heavy atom. The zero-order chi connectivity index (χ0) is 42.5. The van der Waals surface area contributed by atoms with E-state index in [1.807, 2.05) is 6.07 Å². The fourth-order valence-corrected chi connectivity index (χ4v) is 11.3. The second kappa shape index (κ2) is 14.2. The van der Waals surface area contributed by atoms with Crippen LogP contribution < -0.4 is 9.80 Å². The SMILES string of the molecule is CC1(C)c2ccccc2-c2ccc(N3c4ccc(-c5ccccc5)cc4C=Cc4cc(C5CC=C6C(C=Cc7ccccc7N6c6ccc7oc8ccccc8c7c6)C5)ccc43)cc21. The summed E-state index contributed by atoms with van der Waals surface area (Å²) in [4.78, 5) is 5.01. The lowest BCUT2D eigenvalue weighted by Crippen LogP contribution is -2.25. The highest BCUT2D eigenvalue weighted by atomic mass is 16.3. The standard InChI is InChI=1S/C61H46N2O/c1-61(2)53-17-9-7-15-49(53)50-29-27-48(38-54(50)61)63-57-30-24-41(39-12-4-3-5-13-39)34-45(57)22-23-46-36-43(26-32-58(46)63)42-25-31-56-44(35-42)21-20-40-14-6-10-18-55(40)62(56)47-28-33-60-52(37-47)51-16-8-11-19-59(51)64-60/h3-24,26-34,36-38,42,44H,25,35H2,1-2H3. The highest BCUT2D eigenvalue weighted by molar-refractivity contribution is 6.06. The largest absolute Gasteiger partial charge is 0.456 e. The quantitative estimate of drug-likeness (QED) is 0.176. The number of nitrogens with zero attached hydrogens (tertiary/aromatic N) is 2. The van der Waals surface area contributed by atoms with Crippen LogP contribution in [0.3, 0.4) is 0 Å². The van der Waals surface area contributed by atoms with E-state index in [9.17, 15) is 0 Å². The minimum absolute atomic E-state index is 0.101. The van der Waals surface area contributed by atoms with Crippen molar-refractivity contribution in [2.24, 2.45) is 5.92 Å². The van der Waals surface area contributed by atoms with Gasteiger partial charge in [-0.25, -0.2) is 0 Å². The van der Waals surface area contributed by atoms with Crippen LogP contribution in [0.25, 0.3) is 62.4 Å². The molecule has 306 valence electrons. The predicted molar refractivity (Wildman–Crippen MR) is 268 cm³/mol. The van der Waals surface area contributed by atoms with Crippen LogP contribution >= 0.6 is 0 Å². The van der Waals surface area contributed by atoms with E-state index < -0.39 is 0 Å². The molecule has 3 nitrogen and oxygen atoms in total. The predicted octanol–water partition coefficient (Wildman–Crippen LogP) is 16.8. The van der Waals surface area contributed by atoms with Crippen LogP contribution in [0.15, 0.2) is 198 Å². The Kier molecular flexibility index (Phi) is 8.21. The first kappa shape index (κ1) is 37.0. The van der Waals surface area contributed by atoms with Gasteiger partial charge in [-0.1, -0.05) is 153 Å². The average molecular weight is 823 g/mol. The van der Waals surface area contributed by atoms with Crippen molar-refractivity contribution in [1.29, 1.82) is 0 Å². The zero-order valence-electron chi connectivity index (χ0n) is 36.0. The zero-order valence-corrected chi connectivity index (χ0v) is 36.0. The molecule has 64 heavy (non-hydrogen) atoms. The topological polar surface area (TPSA) is 19.6 Å². The molecule has 0 radical (unpaired) electrons. The third-order valence-corrected chi connectivity index (χ3v) is 14.5. The van der Waals surface area contributed by atoms with Crippen LogP contribution in [0.4, 0.5) is 28.4 Å². The molecule has 0 N–H and O–H groups in total. The molecular formula is C61H46N2O. The monoisotopic (exact) mass is 822 g/mol. The number of allylic oxidation sites excluding steroid dienone is 2. The fraction of sp³-hybridized carbons (Fsp3) is 0.115. The lowest BCUT2D eigenvalue weighted by atomic mass is 9.79. The Bertz CT molecular complexity index is 3450. The Morgan fingerprint density at radius 3 is 2.11 bits per heavy atom. The van der Waals surface area contributed by atoms with Gasteiger partial charge in [-0.2, -0.15) is 0 Å². The molecule has 2 atom stereocenters. The van der Waals surface area contributed by atoms with Gasteiger partial charge in [-0.3, -0.25) is 0 Å². The second-order valence-corrected chi connectivity index (χ2v) is 18.5. The molecule has 9 aromatic rings. The molecule has 4 aliphatic rings. The first-order chi connectivity index (χ1) is 31.5. The van der Waals surface area contributed by atoms with Crippen molar-refractivity contribution in [3.8, 4) is 22.3 Å². The molecule has 13 rings (SSSR count). The van der Waals surface area contributed by atoms with Crippen LogP contribution in [0, 0.1) is 5.92 Å². The number of benzene rings is 8. The molecular weight excluding hydrogens is 777 g/mol. The van der Waals surface area contributed by atoms with E-state index in [2.05, 4.69) is 224 Å². The number of rotatable bonds is 4. The molecule has 0 bridgehead atoms. The van der Waals surface area contributed by atoms with Gasteiger partial charge in [0.1, 0.15) is 11.2 Å². The highest BCUT2D eigenvalue weighted by Crippen LogP contribution is 2.53. The Balaban J connectivity index is 0.901. The maximum atomic E-state index is 6.26. The number of anilines is 5. The summed E-state index contributed by atoms with van der Waals surface area (Å²) in [6.45, 7) is 4.74. The highest BCUT2D eigenvalue weighted by Gasteiger charge is 2.37. The van der Waals surface area contributed by atoms with Gasteiger partial charge in [0.25, 0.3) is 0 Å². The summed E-state index contributed by atoms with van der Waals surface area (Å²) >= 11 is 0. The molecule has 2 unspecified atom stereocenters. The molecule has 0 fully saturated rings. The maximum absolute atomic E-state index is 6.26. The molecule has 3 heterocycles. The van der Waals surface area contributed by atoms with E-state index >= 15 is 0 Å². The minimum atomic E-state index is -0.101. The molecule has 0 saturated heterocycles. The molecule has 8 aromatic carbocycles. The number of fused-ring (bicyclic) bond motifs is 10. The Morgan fingerprint density at radius 1 is 0.500 bits per heavy atom. The van der Waals surface area contributed by atoms with E-state index in [-0.39, 0.29) is 11.3 Å². The van der Waals surface area contributed by atoms with Crippen molar-refractivity contribution < 1.29 is 4.42 Å². The van der Waals surface area contributed by atoms with E-state index in [1.165, 1.54) is 84.1 Å². The average Bonchev–Trinajstić information content (AvgIpc) is 3.67. The molecule has 1 aromatic heterocycles. The Hall–Kier alpha value is -7.62. The van der Waals surface area contributed by atoms with E-state index in [4.69, 9.17) is 4.42 Å². The molecule has 3 heteroatoms. The second-order valence-electron chi connectivity index (χ2n) is 18.5. The molecule has 2 aliphatic carbocycles. The van der Waals surface area contributed by atoms with Gasteiger partial charge in [-0.05, 0) is 141 Å². The first-order valence-electron chi connectivity index (χ1n) is 22.7.